The number of nitrogens with one attached hydrogen (secondary N) is 1. The van der Waals surface area contributed by atoms with E-state index in [-0.39, 0.29) is 17.2 Å². The summed E-state index contributed by atoms with van der Waals surface area (Å²) in [4.78, 5) is 23.2. The second-order valence-corrected chi connectivity index (χ2v) is 4.45. The van der Waals surface area contributed by atoms with Crippen molar-refractivity contribution in [2.24, 2.45) is 0 Å². The summed E-state index contributed by atoms with van der Waals surface area (Å²) < 4.78 is 5.28. The Bertz CT molecular complexity index is 655. The fourth-order valence-corrected chi connectivity index (χ4v) is 1.84. The number of carbonyl (C=O) groups is 2. The number of para-hydroxylation sites is 2. The third-order valence-corrected chi connectivity index (χ3v) is 2.82. The predicted molar refractivity (Wildman–Crippen MR) is 77.2 cm³/mol. The summed E-state index contributed by atoms with van der Waals surface area (Å²) in [7, 11) is 0. The highest BCUT2D eigenvalue weighted by Crippen LogP contribution is 2.25. The van der Waals surface area contributed by atoms with Gasteiger partial charge < -0.3 is 10.1 Å². The van der Waals surface area contributed by atoms with Gasteiger partial charge in [0.05, 0.1) is 16.3 Å². The molecule has 5 heteroatoms. The number of rotatable bonds is 3. The Hall–Kier alpha value is -2.33. The molecule has 0 bridgehead atoms. The Morgan fingerprint density at radius 2 is 1.70 bits per heavy atom. The van der Waals surface area contributed by atoms with Crippen molar-refractivity contribution in [3.63, 3.8) is 0 Å². The van der Waals surface area contributed by atoms with Gasteiger partial charge in [0.25, 0.3) is 0 Å². The van der Waals surface area contributed by atoms with Crippen molar-refractivity contribution in [3.8, 4) is 5.75 Å². The Labute approximate surface area is 121 Å². The first-order valence-electron chi connectivity index (χ1n) is 5.91. The van der Waals surface area contributed by atoms with E-state index in [1.54, 1.807) is 48.5 Å². The van der Waals surface area contributed by atoms with Crippen LogP contribution in [0.15, 0.2) is 48.5 Å². The van der Waals surface area contributed by atoms with Gasteiger partial charge in [-0.05, 0) is 24.3 Å². The van der Waals surface area contributed by atoms with Crippen LogP contribution in [0.3, 0.4) is 0 Å². The maximum atomic E-state index is 12.1. The topological polar surface area (TPSA) is 55.4 Å². The third kappa shape index (κ3) is 3.36. The van der Waals surface area contributed by atoms with Crippen LogP contribution < -0.4 is 10.1 Å². The lowest BCUT2D eigenvalue weighted by molar-refractivity contribution is -0.114. The van der Waals surface area contributed by atoms with Gasteiger partial charge in [-0.25, -0.2) is 4.79 Å². The molecule has 0 aliphatic heterocycles. The summed E-state index contributed by atoms with van der Waals surface area (Å²) in [6.07, 6.45) is 0. The number of halogens is 1. The van der Waals surface area contributed by atoms with Crippen molar-refractivity contribution in [1.29, 1.82) is 0 Å². The molecule has 0 aromatic heterocycles. The number of benzene rings is 2. The quantitative estimate of drug-likeness (QED) is 0.695. The monoisotopic (exact) mass is 289 g/mol. The molecule has 0 fully saturated rings. The molecule has 102 valence electrons. The molecule has 0 atom stereocenters. The van der Waals surface area contributed by atoms with E-state index in [0.29, 0.717) is 10.7 Å². The summed E-state index contributed by atoms with van der Waals surface area (Å²) in [6.45, 7) is 1.38. The largest absolute Gasteiger partial charge is 0.421 e. The Balaban J connectivity index is 2.24. The molecule has 0 heterocycles. The van der Waals surface area contributed by atoms with Crippen molar-refractivity contribution in [2.45, 2.75) is 6.92 Å². The minimum atomic E-state index is -0.576. The Kier molecular flexibility index (Phi) is 4.38. The van der Waals surface area contributed by atoms with Crippen LogP contribution in [0.1, 0.15) is 17.3 Å². The number of esters is 1. The number of hydrogen-bond acceptors (Lipinski definition) is 3. The lowest BCUT2D eigenvalue weighted by Gasteiger charge is -2.10. The van der Waals surface area contributed by atoms with Crippen LogP contribution in [0.2, 0.25) is 5.02 Å². The van der Waals surface area contributed by atoms with Crippen LogP contribution in [-0.4, -0.2) is 11.9 Å². The second-order valence-electron chi connectivity index (χ2n) is 4.05. The molecule has 2 aromatic rings. The standard InChI is InChI=1S/C15H12ClNO3/c1-10(18)17-13-8-4-5-9-14(13)20-15(19)11-6-2-3-7-12(11)16/h2-9H,1H3,(H,17,18). The zero-order valence-electron chi connectivity index (χ0n) is 10.7. The molecule has 20 heavy (non-hydrogen) atoms. The van der Waals surface area contributed by atoms with Crippen LogP contribution >= 0.6 is 11.6 Å². The van der Waals surface area contributed by atoms with E-state index in [1.807, 2.05) is 0 Å². The van der Waals surface area contributed by atoms with Crippen molar-refractivity contribution in [3.05, 3.63) is 59.1 Å². The van der Waals surface area contributed by atoms with Gasteiger partial charge >= 0.3 is 5.97 Å². The number of carbonyl (C=O) groups excluding carboxylic acids is 2. The molecule has 1 amide bonds. The number of ether oxygens (including phenoxy) is 1. The van der Waals surface area contributed by atoms with Crippen molar-refractivity contribution in [1.82, 2.24) is 0 Å². The average molecular weight is 290 g/mol. The van der Waals surface area contributed by atoms with E-state index < -0.39 is 5.97 Å². The molecule has 2 rings (SSSR count). The molecule has 1 N–H and O–H groups in total. The molecule has 2 aromatic carbocycles. The lowest BCUT2D eigenvalue weighted by Crippen LogP contribution is -2.12. The molecule has 0 unspecified atom stereocenters. The molecule has 0 spiro atoms. The van der Waals surface area contributed by atoms with Crippen LogP contribution in [0.25, 0.3) is 0 Å². The van der Waals surface area contributed by atoms with Gasteiger partial charge in [-0.15, -0.1) is 0 Å². The van der Waals surface area contributed by atoms with Crippen LogP contribution in [0, 0.1) is 0 Å². The summed E-state index contributed by atoms with van der Waals surface area (Å²) in [5.74, 6) is -0.549. The summed E-state index contributed by atoms with van der Waals surface area (Å²) >= 11 is 5.94. The summed E-state index contributed by atoms with van der Waals surface area (Å²) in [5.41, 5.74) is 0.701. The van der Waals surface area contributed by atoms with Gasteiger partial charge in [0, 0.05) is 6.92 Å². The van der Waals surface area contributed by atoms with Gasteiger partial charge in [-0.1, -0.05) is 35.9 Å². The van der Waals surface area contributed by atoms with Gasteiger partial charge in [-0.2, -0.15) is 0 Å². The zero-order chi connectivity index (χ0) is 14.5. The average Bonchev–Trinajstić information content (AvgIpc) is 2.41. The number of amides is 1. The van der Waals surface area contributed by atoms with E-state index in [1.165, 1.54) is 6.92 Å². The zero-order valence-corrected chi connectivity index (χ0v) is 11.5. The highest BCUT2D eigenvalue weighted by atomic mass is 35.5. The smallest absolute Gasteiger partial charge is 0.345 e. The minimum absolute atomic E-state index is 0.244. The first-order valence-corrected chi connectivity index (χ1v) is 6.29. The SMILES string of the molecule is CC(=O)Nc1ccccc1OC(=O)c1ccccc1Cl. The van der Waals surface area contributed by atoms with E-state index in [4.69, 9.17) is 16.3 Å². The highest BCUT2D eigenvalue weighted by molar-refractivity contribution is 6.33. The van der Waals surface area contributed by atoms with Crippen LogP contribution in [0.5, 0.6) is 5.75 Å². The first kappa shape index (κ1) is 14.1. The molecular formula is C15H12ClNO3. The van der Waals surface area contributed by atoms with Crippen LogP contribution in [-0.2, 0) is 4.79 Å². The Morgan fingerprint density at radius 3 is 2.40 bits per heavy atom. The van der Waals surface area contributed by atoms with Gasteiger partial charge in [0.1, 0.15) is 0 Å². The molecule has 0 aliphatic carbocycles. The first-order chi connectivity index (χ1) is 9.58. The van der Waals surface area contributed by atoms with E-state index in [9.17, 15) is 9.59 Å². The van der Waals surface area contributed by atoms with E-state index >= 15 is 0 Å². The van der Waals surface area contributed by atoms with Gasteiger partial charge in [0.15, 0.2) is 5.75 Å². The predicted octanol–water partition coefficient (Wildman–Crippen LogP) is 3.52. The maximum absolute atomic E-state index is 12.1. The van der Waals surface area contributed by atoms with Gasteiger partial charge in [0.2, 0.25) is 5.91 Å². The van der Waals surface area contributed by atoms with Crippen molar-refractivity contribution >= 4 is 29.2 Å². The fourth-order valence-electron chi connectivity index (χ4n) is 1.63. The molecule has 0 saturated carbocycles. The summed E-state index contributed by atoms with van der Waals surface area (Å²) in [5, 5.41) is 2.91. The minimum Gasteiger partial charge on any atom is -0.421 e. The van der Waals surface area contributed by atoms with E-state index in [0.717, 1.165) is 0 Å². The normalized spacial score (nSPS) is 9.90. The van der Waals surface area contributed by atoms with Crippen molar-refractivity contribution in [2.75, 3.05) is 5.32 Å². The van der Waals surface area contributed by atoms with Crippen molar-refractivity contribution < 1.29 is 14.3 Å². The van der Waals surface area contributed by atoms with Gasteiger partial charge in [-0.3, -0.25) is 4.79 Å². The number of anilines is 1. The van der Waals surface area contributed by atoms with E-state index in [2.05, 4.69) is 5.32 Å². The molecule has 0 saturated heterocycles. The van der Waals surface area contributed by atoms with Crippen LogP contribution in [0.4, 0.5) is 5.69 Å². The molecular weight excluding hydrogens is 278 g/mol. The fraction of sp³-hybridized carbons (Fsp3) is 0.0667. The molecule has 0 aliphatic rings. The summed E-state index contributed by atoms with van der Waals surface area (Å²) in [6, 6.07) is 13.3. The highest BCUT2D eigenvalue weighted by Gasteiger charge is 2.14. The maximum Gasteiger partial charge on any atom is 0.345 e. The Morgan fingerprint density at radius 1 is 1.05 bits per heavy atom. The number of hydrogen-bond donors (Lipinski definition) is 1. The molecule has 0 radical (unpaired) electrons. The molecule has 4 nitrogen and oxygen atoms in total. The third-order valence-electron chi connectivity index (χ3n) is 2.49. The second kappa shape index (κ2) is 6.21. The lowest BCUT2D eigenvalue weighted by atomic mass is 10.2.